The number of nitrogens with zero attached hydrogens (tertiary/aromatic N) is 3. The van der Waals surface area contributed by atoms with Crippen LogP contribution in [0.15, 0.2) is 59.6 Å². The SMILES string of the molecule is CCNC(=NCc1cccc([N+](=O)[O-])c1)NC1CC(=O)N(c2ccccc2)C1. The number of nitrogens with one attached hydrogen (secondary N) is 2. The maximum atomic E-state index is 12.4. The first kappa shape index (κ1) is 19.3. The lowest BCUT2D eigenvalue weighted by Crippen LogP contribution is -2.44. The van der Waals surface area contributed by atoms with E-state index in [4.69, 9.17) is 0 Å². The Balaban J connectivity index is 1.66. The molecule has 1 atom stereocenters. The zero-order chi connectivity index (χ0) is 19.9. The Bertz CT molecular complexity index is 869. The van der Waals surface area contributed by atoms with Crippen molar-refractivity contribution >= 4 is 23.2 Å². The second-order valence-electron chi connectivity index (χ2n) is 6.51. The van der Waals surface area contributed by atoms with Crippen LogP contribution in [0.3, 0.4) is 0 Å². The van der Waals surface area contributed by atoms with Crippen LogP contribution in [0.4, 0.5) is 11.4 Å². The molecule has 1 fully saturated rings. The molecule has 8 heteroatoms. The Morgan fingerprint density at radius 3 is 2.75 bits per heavy atom. The van der Waals surface area contributed by atoms with Gasteiger partial charge in [0.25, 0.3) is 5.69 Å². The van der Waals surface area contributed by atoms with Crippen molar-refractivity contribution in [3.63, 3.8) is 0 Å². The van der Waals surface area contributed by atoms with Crippen LogP contribution in [-0.2, 0) is 11.3 Å². The van der Waals surface area contributed by atoms with E-state index in [-0.39, 0.29) is 17.6 Å². The number of aliphatic imine (C=N–C) groups is 1. The summed E-state index contributed by atoms with van der Waals surface area (Å²) in [5.41, 5.74) is 1.68. The Morgan fingerprint density at radius 1 is 1.25 bits per heavy atom. The molecule has 0 radical (unpaired) electrons. The van der Waals surface area contributed by atoms with E-state index in [1.165, 1.54) is 12.1 Å². The first-order valence-corrected chi connectivity index (χ1v) is 9.20. The van der Waals surface area contributed by atoms with Crippen molar-refractivity contribution < 1.29 is 9.72 Å². The highest BCUT2D eigenvalue weighted by Crippen LogP contribution is 2.21. The quantitative estimate of drug-likeness (QED) is 0.346. The summed E-state index contributed by atoms with van der Waals surface area (Å²) < 4.78 is 0. The fraction of sp³-hybridized carbons (Fsp3) is 0.300. The topological polar surface area (TPSA) is 99.9 Å². The van der Waals surface area contributed by atoms with Crippen LogP contribution >= 0.6 is 0 Å². The Morgan fingerprint density at radius 2 is 2.04 bits per heavy atom. The summed E-state index contributed by atoms with van der Waals surface area (Å²) in [7, 11) is 0. The molecule has 0 spiro atoms. The number of nitro groups is 1. The monoisotopic (exact) mass is 381 g/mol. The van der Waals surface area contributed by atoms with Crippen molar-refractivity contribution in [2.45, 2.75) is 25.9 Å². The molecule has 1 amide bonds. The first-order chi connectivity index (χ1) is 13.6. The predicted octanol–water partition coefficient (Wildman–Crippen LogP) is 2.46. The van der Waals surface area contributed by atoms with E-state index in [0.717, 1.165) is 11.3 Å². The molecular formula is C20H23N5O3. The van der Waals surface area contributed by atoms with E-state index in [1.807, 2.05) is 37.3 Å². The molecule has 1 unspecified atom stereocenters. The van der Waals surface area contributed by atoms with Crippen molar-refractivity contribution in [3.05, 3.63) is 70.3 Å². The van der Waals surface area contributed by atoms with Gasteiger partial charge in [-0.2, -0.15) is 0 Å². The zero-order valence-electron chi connectivity index (χ0n) is 15.7. The number of hydrogen-bond acceptors (Lipinski definition) is 4. The number of carbonyl (C=O) groups excluding carboxylic acids is 1. The van der Waals surface area contributed by atoms with E-state index < -0.39 is 4.92 Å². The highest BCUT2D eigenvalue weighted by Gasteiger charge is 2.31. The van der Waals surface area contributed by atoms with Crippen LogP contribution < -0.4 is 15.5 Å². The number of guanidine groups is 1. The van der Waals surface area contributed by atoms with Crippen molar-refractivity contribution in [3.8, 4) is 0 Å². The molecule has 0 aliphatic carbocycles. The third kappa shape index (κ3) is 4.85. The van der Waals surface area contributed by atoms with Gasteiger partial charge in [0.2, 0.25) is 5.91 Å². The molecule has 1 saturated heterocycles. The molecule has 1 aliphatic heterocycles. The van der Waals surface area contributed by atoms with Gasteiger partial charge in [-0.05, 0) is 24.6 Å². The zero-order valence-corrected chi connectivity index (χ0v) is 15.7. The molecule has 2 N–H and O–H groups in total. The Labute approximate surface area is 163 Å². The minimum Gasteiger partial charge on any atom is -0.357 e. The Kier molecular flexibility index (Phi) is 6.21. The molecule has 1 heterocycles. The van der Waals surface area contributed by atoms with Crippen molar-refractivity contribution in [2.24, 2.45) is 4.99 Å². The van der Waals surface area contributed by atoms with Gasteiger partial charge in [-0.25, -0.2) is 4.99 Å². The van der Waals surface area contributed by atoms with Crippen LogP contribution in [-0.4, -0.2) is 35.9 Å². The fourth-order valence-corrected chi connectivity index (χ4v) is 3.11. The summed E-state index contributed by atoms with van der Waals surface area (Å²) >= 11 is 0. The van der Waals surface area contributed by atoms with Gasteiger partial charge in [-0.15, -0.1) is 0 Å². The van der Waals surface area contributed by atoms with E-state index in [2.05, 4.69) is 15.6 Å². The molecule has 2 aromatic carbocycles. The second-order valence-corrected chi connectivity index (χ2v) is 6.51. The van der Waals surface area contributed by atoms with E-state index in [0.29, 0.717) is 32.0 Å². The van der Waals surface area contributed by atoms with Gasteiger partial charge in [0.1, 0.15) is 0 Å². The minimum absolute atomic E-state index is 0.0468. The summed E-state index contributed by atoms with van der Waals surface area (Å²) in [4.78, 5) is 29.1. The Hall–Kier alpha value is -3.42. The van der Waals surface area contributed by atoms with Gasteiger partial charge in [0, 0.05) is 37.3 Å². The highest BCUT2D eigenvalue weighted by atomic mass is 16.6. The summed E-state index contributed by atoms with van der Waals surface area (Å²) in [5.74, 6) is 0.653. The van der Waals surface area contributed by atoms with E-state index in [1.54, 1.807) is 17.0 Å². The third-order valence-electron chi connectivity index (χ3n) is 4.42. The lowest BCUT2D eigenvalue weighted by molar-refractivity contribution is -0.384. The van der Waals surface area contributed by atoms with Crippen LogP contribution in [0.1, 0.15) is 18.9 Å². The maximum Gasteiger partial charge on any atom is 0.269 e. The fourth-order valence-electron chi connectivity index (χ4n) is 3.11. The lowest BCUT2D eigenvalue weighted by atomic mass is 10.2. The molecule has 1 aliphatic rings. The molecule has 0 bridgehead atoms. The minimum atomic E-state index is -0.418. The standard InChI is InChI=1S/C20H23N5O3/c1-2-21-20(22-13-15-7-6-10-18(11-15)25(27)28)23-16-12-19(26)24(14-16)17-8-4-3-5-9-17/h3-11,16H,2,12-14H2,1H3,(H2,21,22,23). The summed E-state index contributed by atoms with van der Waals surface area (Å²) in [6.45, 7) is 3.49. The maximum absolute atomic E-state index is 12.4. The molecule has 3 rings (SSSR count). The summed E-state index contributed by atoms with van der Waals surface area (Å²) in [6.07, 6.45) is 0.385. The third-order valence-corrected chi connectivity index (χ3v) is 4.42. The molecule has 2 aromatic rings. The van der Waals surface area contributed by atoms with E-state index >= 15 is 0 Å². The molecule has 0 aromatic heterocycles. The number of non-ortho nitro benzene ring substituents is 1. The summed E-state index contributed by atoms with van der Waals surface area (Å²) in [6, 6.07) is 15.9. The predicted molar refractivity (Wildman–Crippen MR) is 108 cm³/mol. The van der Waals surface area contributed by atoms with Crippen LogP contribution in [0.25, 0.3) is 0 Å². The summed E-state index contributed by atoms with van der Waals surface area (Å²) in [5, 5.41) is 17.4. The highest BCUT2D eigenvalue weighted by molar-refractivity contribution is 5.97. The number of nitro benzene ring substituents is 1. The van der Waals surface area contributed by atoms with Gasteiger partial charge in [0.15, 0.2) is 5.96 Å². The van der Waals surface area contributed by atoms with Crippen molar-refractivity contribution in [2.75, 3.05) is 18.0 Å². The number of hydrogen-bond donors (Lipinski definition) is 2. The van der Waals surface area contributed by atoms with Crippen molar-refractivity contribution in [1.29, 1.82) is 0 Å². The molecule has 0 saturated carbocycles. The molecular weight excluding hydrogens is 358 g/mol. The second kappa shape index (κ2) is 8.98. The van der Waals surface area contributed by atoms with Gasteiger partial charge in [0.05, 0.1) is 17.5 Å². The van der Waals surface area contributed by atoms with E-state index in [9.17, 15) is 14.9 Å². The van der Waals surface area contributed by atoms with Gasteiger partial charge in [-0.3, -0.25) is 14.9 Å². The van der Waals surface area contributed by atoms with Crippen molar-refractivity contribution in [1.82, 2.24) is 10.6 Å². The number of benzene rings is 2. The number of rotatable bonds is 6. The van der Waals surface area contributed by atoms with Gasteiger partial charge < -0.3 is 15.5 Å². The number of carbonyl (C=O) groups is 1. The number of anilines is 1. The smallest absolute Gasteiger partial charge is 0.269 e. The lowest BCUT2D eigenvalue weighted by Gasteiger charge is -2.19. The molecule has 8 nitrogen and oxygen atoms in total. The normalized spacial score (nSPS) is 16.9. The molecule has 28 heavy (non-hydrogen) atoms. The van der Waals surface area contributed by atoms with Crippen LogP contribution in [0.2, 0.25) is 0 Å². The molecule has 146 valence electrons. The average molecular weight is 381 g/mol. The largest absolute Gasteiger partial charge is 0.357 e. The number of para-hydroxylation sites is 1. The van der Waals surface area contributed by atoms with Gasteiger partial charge >= 0.3 is 0 Å². The number of amides is 1. The van der Waals surface area contributed by atoms with Crippen LogP contribution in [0, 0.1) is 10.1 Å². The average Bonchev–Trinajstić information content (AvgIpc) is 3.07. The van der Waals surface area contributed by atoms with Gasteiger partial charge in [-0.1, -0.05) is 30.3 Å². The van der Waals surface area contributed by atoms with Crippen LogP contribution in [0.5, 0.6) is 0 Å². The first-order valence-electron chi connectivity index (χ1n) is 9.20.